The van der Waals surface area contributed by atoms with E-state index in [1.807, 2.05) is 0 Å². The van der Waals surface area contributed by atoms with Crippen LogP contribution in [0.4, 0.5) is 0 Å². The third-order valence-electron chi connectivity index (χ3n) is 1.90. The molecule has 7 N–H and O–H groups in total. The van der Waals surface area contributed by atoms with Gasteiger partial charge in [0.15, 0.2) is 6.10 Å². The van der Waals surface area contributed by atoms with Crippen LogP contribution in [0.3, 0.4) is 0 Å². The third kappa shape index (κ3) is 6.07. The molecule has 0 heterocycles. The number of carboxylic acid groups (broad SMARTS) is 1. The molecular formula is C8H15N2NaO7. The number of aliphatic hydroxyl groups excluding tert-OH is 4. The number of rotatable bonds is 7. The van der Waals surface area contributed by atoms with Crippen LogP contribution in [-0.2, 0) is 4.79 Å². The monoisotopic (exact) mass is 274 g/mol. The van der Waals surface area contributed by atoms with Gasteiger partial charge in [-0.05, 0) is 5.90 Å². The molecule has 0 aromatic rings. The summed E-state index contributed by atoms with van der Waals surface area (Å²) in [6.45, 7) is -0.0327. The molecule has 0 aromatic carbocycles. The molecule has 0 aliphatic rings. The molecule has 9 nitrogen and oxygen atoms in total. The van der Waals surface area contributed by atoms with Crippen LogP contribution in [0.15, 0.2) is 4.99 Å². The number of carbonyl (C=O) groups is 1. The Morgan fingerprint density at radius 3 is 2.00 bits per heavy atom. The molecule has 4 atom stereocenters. The van der Waals surface area contributed by atoms with Crippen molar-refractivity contribution in [2.24, 2.45) is 10.7 Å². The summed E-state index contributed by atoms with van der Waals surface area (Å²) in [6.07, 6.45) is -8.80. The fourth-order valence-corrected chi connectivity index (χ4v) is 0.934. The van der Waals surface area contributed by atoms with E-state index in [2.05, 4.69) is 4.99 Å². The van der Waals surface area contributed by atoms with Crippen molar-refractivity contribution in [3.05, 3.63) is 0 Å². The van der Waals surface area contributed by atoms with Gasteiger partial charge in [0.1, 0.15) is 18.3 Å². The van der Waals surface area contributed by atoms with Gasteiger partial charge in [-0.3, -0.25) is 0 Å². The molecule has 0 radical (unpaired) electrons. The van der Waals surface area contributed by atoms with Crippen LogP contribution >= 0.6 is 0 Å². The van der Waals surface area contributed by atoms with E-state index in [0.717, 1.165) is 0 Å². The second-order valence-corrected chi connectivity index (χ2v) is 3.22. The summed E-state index contributed by atoms with van der Waals surface area (Å²) in [6, 6.07) is 0. The van der Waals surface area contributed by atoms with Gasteiger partial charge in [-0.2, -0.15) is 0 Å². The van der Waals surface area contributed by atoms with E-state index in [9.17, 15) is 20.1 Å². The van der Waals surface area contributed by atoms with Gasteiger partial charge in [-0.1, -0.05) is 0 Å². The maximum Gasteiger partial charge on any atom is 1.00 e. The Labute approximate surface area is 125 Å². The van der Waals surface area contributed by atoms with Crippen molar-refractivity contribution < 1.29 is 65.0 Å². The summed E-state index contributed by atoms with van der Waals surface area (Å²) in [4.78, 5) is 13.5. The summed E-state index contributed by atoms with van der Waals surface area (Å²) in [5.74, 6) is -2.95. The predicted octanol–water partition coefficient (Wildman–Crippen LogP) is -7.76. The number of hydrogen-bond acceptors (Lipinski definition) is 8. The quantitative estimate of drug-likeness (QED) is 0.150. The van der Waals surface area contributed by atoms with Crippen molar-refractivity contribution in [3.63, 3.8) is 0 Å². The summed E-state index contributed by atoms with van der Waals surface area (Å²) in [5.41, 5.74) is 5.04. The largest absolute Gasteiger partial charge is 1.00 e. The Balaban J connectivity index is 0. The first-order valence-corrected chi connectivity index (χ1v) is 4.69. The van der Waals surface area contributed by atoms with Gasteiger partial charge in [0.25, 0.3) is 0 Å². The maximum atomic E-state index is 11.1. The van der Waals surface area contributed by atoms with Crippen LogP contribution in [0.2, 0.25) is 0 Å². The van der Waals surface area contributed by atoms with Gasteiger partial charge >= 0.3 is 35.5 Å². The second kappa shape index (κ2) is 9.64. The fraction of sp³-hybridized carbons (Fsp3) is 0.750. The molecular weight excluding hydrogens is 259 g/mol. The molecule has 0 amide bonds. The normalized spacial score (nSPS) is 18.4. The van der Waals surface area contributed by atoms with Gasteiger partial charge in [0.2, 0.25) is 0 Å². The molecule has 0 aliphatic heterocycles. The molecule has 0 unspecified atom stereocenters. The van der Waals surface area contributed by atoms with Gasteiger partial charge in [0.05, 0.1) is 6.54 Å². The van der Waals surface area contributed by atoms with Crippen molar-refractivity contribution in [2.45, 2.75) is 24.4 Å². The Morgan fingerprint density at radius 2 is 1.61 bits per heavy atom. The zero-order valence-electron chi connectivity index (χ0n) is 9.80. The van der Waals surface area contributed by atoms with Crippen molar-refractivity contribution >= 4 is 11.9 Å². The van der Waals surface area contributed by atoms with Crippen LogP contribution in [-0.4, -0.2) is 74.9 Å². The number of nitrogens with zero attached hydrogens (tertiary/aromatic N) is 1. The summed E-state index contributed by atoms with van der Waals surface area (Å²) in [7, 11) is 0. The summed E-state index contributed by atoms with van der Waals surface area (Å²) in [5, 5.41) is 55.9. The predicted molar refractivity (Wildman–Crippen MR) is 53.0 cm³/mol. The minimum absolute atomic E-state index is 0. The van der Waals surface area contributed by atoms with Crippen LogP contribution in [0, 0.1) is 0 Å². The zero-order valence-corrected chi connectivity index (χ0v) is 11.8. The first-order chi connectivity index (χ1) is 7.82. The Bertz CT molecular complexity index is 289. The molecule has 0 saturated carbocycles. The molecule has 0 aromatic heterocycles. The fourth-order valence-electron chi connectivity index (χ4n) is 0.934. The Kier molecular flexibility index (Phi) is 10.7. The Hall–Kier alpha value is -0.260. The van der Waals surface area contributed by atoms with Gasteiger partial charge < -0.3 is 41.4 Å². The van der Waals surface area contributed by atoms with Crippen LogP contribution in [0.5, 0.6) is 0 Å². The van der Waals surface area contributed by atoms with Crippen molar-refractivity contribution in [1.29, 1.82) is 0 Å². The second-order valence-electron chi connectivity index (χ2n) is 3.22. The molecule has 0 rings (SSSR count). The molecule has 0 bridgehead atoms. The molecule has 0 aliphatic carbocycles. The number of hydrogen-bond donors (Lipinski definition) is 6. The molecule has 0 fully saturated rings. The van der Waals surface area contributed by atoms with Gasteiger partial charge in [-0.15, -0.1) is 0 Å². The van der Waals surface area contributed by atoms with Crippen molar-refractivity contribution in [2.75, 3.05) is 13.1 Å². The van der Waals surface area contributed by atoms with Gasteiger partial charge in [0, 0.05) is 6.54 Å². The van der Waals surface area contributed by atoms with E-state index in [-0.39, 0.29) is 42.6 Å². The molecule has 0 spiro atoms. The molecule has 0 saturated heterocycles. The van der Waals surface area contributed by atoms with E-state index in [0.29, 0.717) is 0 Å². The first kappa shape index (κ1) is 20.1. The SMILES string of the molecule is NCCN=C([O-])[C@@H](O)[C@@H](O)[C@H](O)[C@@H](O)C(=O)O.[Na+]. The Morgan fingerprint density at radius 1 is 1.17 bits per heavy atom. The van der Waals surface area contributed by atoms with Crippen LogP contribution < -0.4 is 40.4 Å². The van der Waals surface area contributed by atoms with Crippen LogP contribution in [0.1, 0.15) is 0 Å². The van der Waals surface area contributed by atoms with E-state index in [4.69, 9.17) is 21.1 Å². The average Bonchev–Trinajstić information content (AvgIpc) is 2.31. The van der Waals surface area contributed by atoms with Crippen LogP contribution in [0.25, 0.3) is 0 Å². The van der Waals surface area contributed by atoms with E-state index in [1.54, 1.807) is 0 Å². The van der Waals surface area contributed by atoms with Crippen molar-refractivity contribution in [3.8, 4) is 0 Å². The molecule has 18 heavy (non-hydrogen) atoms. The number of aliphatic carboxylic acids is 1. The molecule has 10 heteroatoms. The number of nitrogens with two attached hydrogens (primary N) is 1. The van der Waals surface area contributed by atoms with Crippen molar-refractivity contribution in [1.82, 2.24) is 0 Å². The number of aliphatic hydroxyl groups is 4. The van der Waals surface area contributed by atoms with E-state index < -0.39 is 36.3 Å². The zero-order chi connectivity index (χ0) is 13.6. The smallest absolute Gasteiger partial charge is 0.860 e. The number of carboxylic acids is 1. The van der Waals surface area contributed by atoms with Gasteiger partial charge in [-0.25, -0.2) is 4.79 Å². The maximum absolute atomic E-state index is 11.1. The average molecular weight is 274 g/mol. The van der Waals surface area contributed by atoms with E-state index >= 15 is 0 Å². The standard InChI is InChI=1S/C8H16N2O7.Na/c9-1-2-10-7(15)5(13)3(11)4(12)6(14)8(16)17;/h3-6,11-14H,1-2,9H2,(H,10,15)(H,16,17);/q;+1/p-1/t3-,4-,5-,6+;/m0./s1. The summed E-state index contributed by atoms with van der Waals surface area (Å²) >= 11 is 0. The number of aliphatic imine (C=N–C) groups is 1. The minimum Gasteiger partial charge on any atom is -0.860 e. The first-order valence-electron chi connectivity index (χ1n) is 4.69. The molecule has 100 valence electrons. The summed E-state index contributed by atoms with van der Waals surface area (Å²) < 4.78 is 0. The van der Waals surface area contributed by atoms with E-state index in [1.165, 1.54) is 0 Å². The third-order valence-corrected chi connectivity index (χ3v) is 1.90. The minimum atomic E-state index is -2.32. The topological polar surface area (TPSA) is 180 Å².